The van der Waals surface area contributed by atoms with Crippen molar-refractivity contribution >= 4 is 29.4 Å². The maximum atomic E-state index is 10.8. The van der Waals surface area contributed by atoms with Crippen LogP contribution in [0.2, 0.25) is 0 Å². The van der Waals surface area contributed by atoms with Gasteiger partial charge in [0, 0.05) is 15.9 Å². The second-order valence-corrected chi connectivity index (χ2v) is 4.83. The Labute approximate surface area is 102 Å². The fourth-order valence-electron chi connectivity index (χ4n) is 1.78. The molecule has 2 aromatic rings. The number of aromatic hydroxyl groups is 1. The Morgan fingerprint density at radius 1 is 1.12 bits per heavy atom. The van der Waals surface area contributed by atoms with E-state index in [9.17, 15) is 9.90 Å². The van der Waals surface area contributed by atoms with E-state index in [0.717, 1.165) is 21.2 Å². The van der Waals surface area contributed by atoms with Crippen LogP contribution in [0.4, 0.5) is 11.4 Å². The second-order valence-electron chi connectivity index (χ2n) is 3.75. The zero-order valence-electron chi connectivity index (χ0n) is 8.81. The minimum Gasteiger partial charge on any atom is -0.507 e. The third kappa shape index (κ3) is 1.66. The molecule has 2 N–H and O–H groups in total. The minimum atomic E-state index is 0.00577. The summed E-state index contributed by atoms with van der Waals surface area (Å²) >= 11 is 1.59. The minimum absolute atomic E-state index is 0.00577. The van der Waals surface area contributed by atoms with Crippen LogP contribution in [0, 0.1) is 0 Å². The van der Waals surface area contributed by atoms with Crippen LogP contribution in [-0.2, 0) is 0 Å². The summed E-state index contributed by atoms with van der Waals surface area (Å²) in [5, 5.41) is 12.9. The standard InChI is InChI=1S/C13H9NO2S/c15-7-8-5-13-10(6-11(8)16)14-9-3-1-2-4-12(9)17-13/h1-7,14,16H. The zero-order valence-corrected chi connectivity index (χ0v) is 9.62. The van der Waals surface area contributed by atoms with Crippen LogP contribution in [0.1, 0.15) is 10.4 Å². The summed E-state index contributed by atoms with van der Waals surface area (Å²) in [4.78, 5) is 12.8. The number of benzene rings is 2. The molecule has 0 saturated carbocycles. The summed E-state index contributed by atoms with van der Waals surface area (Å²) in [6.07, 6.45) is 0.663. The van der Waals surface area contributed by atoms with Crippen molar-refractivity contribution in [1.29, 1.82) is 0 Å². The monoisotopic (exact) mass is 243 g/mol. The molecule has 0 spiro atoms. The third-order valence-electron chi connectivity index (χ3n) is 2.63. The van der Waals surface area contributed by atoms with Crippen molar-refractivity contribution in [1.82, 2.24) is 0 Å². The normalized spacial score (nSPS) is 12.2. The lowest BCUT2D eigenvalue weighted by molar-refractivity contribution is 0.112. The predicted molar refractivity (Wildman–Crippen MR) is 67.3 cm³/mol. The van der Waals surface area contributed by atoms with Gasteiger partial charge in [-0.25, -0.2) is 0 Å². The summed E-state index contributed by atoms with van der Waals surface area (Å²) in [5.41, 5.74) is 2.16. The number of carbonyl (C=O) groups excluding carboxylic acids is 1. The molecule has 0 atom stereocenters. The van der Waals surface area contributed by atoms with Crippen molar-refractivity contribution in [2.45, 2.75) is 9.79 Å². The molecule has 0 fully saturated rings. The van der Waals surface area contributed by atoms with Crippen LogP contribution in [0.15, 0.2) is 46.2 Å². The van der Waals surface area contributed by atoms with Gasteiger partial charge in [0.15, 0.2) is 6.29 Å². The number of phenols is 1. The van der Waals surface area contributed by atoms with Crippen molar-refractivity contribution in [3.05, 3.63) is 42.0 Å². The van der Waals surface area contributed by atoms with Crippen molar-refractivity contribution in [2.24, 2.45) is 0 Å². The number of carbonyl (C=O) groups is 1. The number of para-hydroxylation sites is 1. The van der Waals surface area contributed by atoms with Gasteiger partial charge < -0.3 is 10.4 Å². The van der Waals surface area contributed by atoms with Crippen molar-refractivity contribution in [3.63, 3.8) is 0 Å². The SMILES string of the molecule is O=Cc1cc2c(cc1O)Nc1ccccc1S2. The molecule has 0 saturated heterocycles. The largest absolute Gasteiger partial charge is 0.507 e. The molecule has 1 aliphatic rings. The van der Waals surface area contributed by atoms with E-state index in [1.54, 1.807) is 23.9 Å². The predicted octanol–water partition coefficient (Wildman–Crippen LogP) is 3.41. The van der Waals surface area contributed by atoms with E-state index >= 15 is 0 Å². The Hall–Kier alpha value is -1.94. The van der Waals surface area contributed by atoms with Crippen LogP contribution < -0.4 is 5.32 Å². The quantitative estimate of drug-likeness (QED) is 0.643. The summed E-state index contributed by atoms with van der Waals surface area (Å²) in [6.45, 7) is 0. The number of anilines is 2. The Morgan fingerprint density at radius 2 is 1.94 bits per heavy atom. The van der Waals surface area contributed by atoms with E-state index < -0.39 is 0 Å². The highest BCUT2D eigenvalue weighted by Crippen LogP contribution is 2.45. The molecule has 3 nitrogen and oxygen atoms in total. The summed E-state index contributed by atoms with van der Waals surface area (Å²) < 4.78 is 0. The van der Waals surface area contributed by atoms with Crippen LogP contribution >= 0.6 is 11.8 Å². The molecule has 17 heavy (non-hydrogen) atoms. The molecule has 0 bridgehead atoms. The molecular weight excluding hydrogens is 234 g/mol. The lowest BCUT2D eigenvalue weighted by atomic mass is 10.2. The number of hydrogen-bond acceptors (Lipinski definition) is 4. The van der Waals surface area contributed by atoms with Crippen molar-refractivity contribution in [3.8, 4) is 5.75 Å². The van der Waals surface area contributed by atoms with Gasteiger partial charge in [0.2, 0.25) is 0 Å². The van der Waals surface area contributed by atoms with Crippen LogP contribution in [0.5, 0.6) is 5.75 Å². The van der Waals surface area contributed by atoms with Gasteiger partial charge >= 0.3 is 0 Å². The number of aldehydes is 1. The smallest absolute Gasteiger partial charge is 0.153 e. The Morgan fingerprint density at radius 3 is 2.76 bits per heavy atom. The first kappa shape index (κ1) is 10.2. The van der Waals surface area contributed by atoms with E-state index in [1.165, 1.54) is 0 Å². The Kier molecular flexibility index (Phi) is 2.30. The molecule has 0 aromatic heterocycles. The highest BCUT2D eigenvalue weighted by Gasteiger charge is 2.17. The molecule has 0 radical (unpaired) electrons. The summed E-state index contributed by atoms with van der Waals surface area (Å²) in [5.74, 6) is 0.00577. The maximum Gasteiger partial charge on any atom is 0.153 e. The number of fused-ring (bicyclic) bond motifs is 2. The van der Waals surface area contributed by atoms with Gasteiger partial charge in [-0.3, -0.25) is 4.79 Å². The summed E-state index contributed by atoms with van der Waals surface area (Å²) in [7, 11) is 0. The van der Waals surface area contributed by atoms with Gasteiger partial charge in [-0.15, -0.1) is 0 Å². The highest BCUT2D eigenvalue weighted by molar-refractivity contribution is 7.99. The van der Waals surface area contributed by atoms with E-state index in [0.29, 0.717) is 11.8 Å². The van der Waals surface area contributed by atoms with E-state index in [-0.39, 0.29) is 5.75 Å². The molecule has 0 unspecified atom stereocenters. The summed E-state index contributed by atoms with van der Waals surface area (Å²) in [6, 6.07) is 11.2. The van der Waals surface area contributed by atoms with Crippen molar-refractivity contribution < 1.29 is 9.90 Å². The fourth-order valence-corrected chi connectivity index (χ4v) is 2.80. The van der Waals surface area contributed by atoms with Gasteiger partial charge in [-0.2, -0.15) is 0 Å². The third-order valence-corrected chi connectivity index (χ3v) is 3.77. The lowest BCUT2D eigenvalue weighted by Crippen LogP contribution is -2.00. The number of rotatable bonds is 1. The number of phenolic OH excluding ortho intramolecular Hbond substituents is 1. The average molecular weight is 243 g/mol. The van der Waals surface area contributed by atoms with E-state index in [4.69, 9.17) is 0 Å². The second kappa shape index (κ2) is 3.82. The van der Waals surface area contributed by atoms with Gasteiger partial charge in [-0.1, -0.05) is 23.9 Å². The van der Waals surface area contributed by atoms with Gasteiger partial charge in [0.25, 0.3) is 0 Å². The Balaban J connectivity index is 2.12. The van der Waals surface area contributed by atoms with Gasteiger partial charge in [-0.05, 0) is 18.2 Å². The fraction of sp³-hybridized carbons (Fsp3) is 0. The van der Waals surface area contributed by atoms with Crippen molar-refractivity contribution in [2.75, 3.05) is 5.32 Å². The van der Waals surface area contributed by atoms with Gasteiger partial charge in [0.05, 0.1) is 16.9 Å². The zero-order chi connectivity index (χ0) is 11.8. The van der Waals surface area contributed by atoms with E-state index in [1.807, 2.05) is 24.3 Å². The average Bonchev–Trinajstić information content (AvgIpc) is 2.35. The topological polar surface area (TPSA) is 49.3 Å². The van der Waals surface area contributed by atoms with Crippen LogP contribution in [0.25, 0.3) is 0 Å². The Bertz CT molecular complexity index is 610. The molecular formula is C13H9NO2S. The van der Waals surface area contributed by atoms with Gasteiger partial charge in [0.1, 0.15) is 5.75 Å². The number of nitrogens with one attached hydrogen (secondary N) is 1. The first-order chi connectivity index (χ1) is 8.28. The molecule has 0 aliphatic carbocycles. The first-order valence-electron chi connectivity index (χ1n) is 5.14. The maximum absolute atomic E-state index is 10.8. The lowest BCUT2D eigenvalue weighted by Gasteiger charge is -2.21. The van der Waals surface area contributed by atoms with Crippen LogP contribution in [-0.4, -0.2) is 11.4 Å². The van der Waals surface area contributed by atoms with Crippen LogP contribution in [0.3, 0.4) is 0 Å². The van der Waals surface area contributed by atoms with E-state index in [2.05, 4.69) is 5.32 Å². The molecule has 1 aliphatic heterocycles. The highest BCUT2D eigenvalue weighted by atomic mass is 32.2. The first-order valence-corrected chi connectivity index (χ1v) is 5.95. The molecule has 1 heterocycles. The molecule has 3 rings (SSSR count). The molecule has 4 heteroatoms. The molecule has 84 valence electrons. The molecule has 0 amide bonds. The molecule has 2 aromatic carbocycles. The number of hydrogen-bond donors (Lipinski definition) is 2.